The van der Waals surface area contributed by atoms with Gasteiger partial charge in [0.05, 0.1) is 6.54 Å². The highest BCUT2D eigenvalue weighted by Crippen LogP contribution is 2.17. The van der Waals surface area contributed by atoms with Crippen LogP contribution in [0.15, 0.2) is 17.3 Å². The van der Waals surface area contributed by atoms with Crippen LogP contribution in [0.3, 0.4) is 0 Å². The summed E-state index contributed by atoms with van der Waals surface area (Å²) >= 11 is 1.65. The van der Waals surface area contributed by atoms with Gasteiger partial charge in [0.2, 0.25) is 5.16 Å². The summed E-state index contributed by atoms with van der Waals surface area (Å²) in [6.07, 6.45) is 2.15. The van der Waals surface area contributed by atoms with Crippen molar-refractivity contribution in [2.24, 2.45) is 0 Å². The van der Waals surface area contributed by atoms with E-state index in [1.165, 1.54) is 5.57 Å². The molecule has 0 amide bonds. The van der Waals surface area contributed by atoms with E-state index >= 15 is 0 Å². The number of tetrazole rings is 1. The lowest BCUT2D eigenvalue weighted by Crippen LogP contribution is -2.21. The largest absolute Gasteiger partial charge is 0.315 e. The van der Waals surface area contributed by atoms with Crippen LogP contribution in [0, 0.1) is 0 Å². The Morgan fingerprint density at radius 2 is 2.24 bits per heavy atom. The minimum Gasteiger partial charge on any atom is -0.315 e. The first-order valence-electron chi connectivity index (χ1n) is 6.04. The molecule has 6 heteroatoms. The van der Waals surface area contributed by atoms with Crippen LogP contribution in [0.1, 0.15) is 26.7 Å². The standard InChI is InChI=1S/C11H21N5S/c1-4-6-12-7-8-16-11(13-14-15-16)17-9-10(3)5-2/h12H,3-9H2,1-2H3. The summed E-state index contributed by atoms with van der Waals surface area (Å²) in [6.45, 7) is 11.0. The molecule has 1 rings (SSSR count). The minimum absolute atomic E-state index is 0.813. The Morgan fingerprint density at radius 1 is 1.41 bits per heavy atom. The van der Waals surface area contributed by atoms with Crippen molar-refractivity contribution in [2.45, 2.75) is 38.4 Å². The van der Waals surface area contributed by atoms with Crippen LogP contribution in [-0.4, -0.2) is 39.0 Å². The van der Waals surface area contributed by atoms with Crippen LogP contribution < -0.4 is 5.32 Å². The van der Waals surface area contributed by atoms with Crippen molar-refractivity contribution in [3.8, 4) is 0 Å². The Kier molecular flexibility index (Phi) is 6.88. The molecule has 0 spiro atoms. The second-order valence-electron chi connectivity index (χ2n) is 3.83. The number of nitrogens with zero attached hydrogens (tertiary/aromatic N) is 4. The molecule has 0 unspecified atom stereocenters. The molecule has 0 radical (unpaired) electrons. The van der Waals surface area contributed by atoms with Gasteiger partial charge in [-0.1, -0.05) is 37.8 Å². The van der Waals surface area contributed by atoms with Crippen LogP contribution in [0.5, 0.6) is 0 Å². The predicted molar refractivity (Wildman–Crippen MR) is 71.1 cm³/mol. The Morgan fingerprint density at radius 3 is 2.94 bits per heavy atom. The number of hydrogen-bond acceptors (Lipinski definition) is 5. The summed E-state index contributed by atoms with van der Waals surface area (Å²) in [5.74, 6) is 0.888. The first-order chi connectivity index (χ1) is 8.27. The average Bonchev–Trinajstić information content (AvgIpc) is 2.79. The van der Waals surface area contributed by atoms with Crippen molar-refractivity contribution in [3.05, 3.63) is 12.2 Å². The lowest BCUT2D eigenvalue weighted by atomic mass is 10.3. The van der Waals surface area contributed by atoms with E-state index in [9.17, 15) is 0 Å². The fraction of sp³-hybridized carbons (Fsp3) is 0.727. The quantitative estimate of drug-likeness (QED) is 0.414. The molecule has 0 aromatic carbocycles. The monoisotopic (exact) mass is 255 g/mol. The van der Waals surface area contributed by atoms with Crippen molar-refractivity contribution in [1.29, 1.82) is 0 Å². The van der Waals surface area contributed by atoms with Crippen LogP contribution in [0.25, 0.3) is 0 Å². The average molecular weight is 255 g/mol. The van der Waals surface area contributed by atoms with E-state index in [-0.39, 0.29) is 0 Å². The van der Waals surface area contributed by atoms with Crippen molar-refractivity contribution in [1.82, 2.24) is 25.5 Å². The van der Waals surface area contributed by atoms with Gasteiger partial charge in [0.25, 0.3) is 0 Å². The fourth-order valence-corrected chi connectivity index (χ4v) is 2.10. The molecule has 0 saturated heterocycles. The van der Waals surface area contributed by atoms with Crippen molar-refractivity contribution in [2.75, 3.05) is 18.8 Å². The first-order valence-corrected chi connectivity index (χ1v) is 7.02. The van der Waals surface area contributed by atoms with Crippen LogP contribution in [0.2, 0.25) is 0 Å². The number of nitrogens with one attached hydrogen (secondary N) is 1. The molecule has 96 valence electrons. The van der Waals surface area contributed by atoms with Gasteiger partial charge in [0, 0.05) is 12.3 Å². The first kappa shape index (κ1) is 14.2. The lowest BCUT2D eigenvalue weighted by molar-refractivity contribution is 0.510. The smallest absolute Gasteiger partial charge is 0.209 e. The molecule has 0 aliphatic carbocycles. The predicted octanol–water partition coefficient (Wildman–Crippen LogP) is 1.73. The molecule has 5 nitrogen and oxygen atoms in total. The van der Waals surface area contributed by atoms with E-state index in [0.717, 1.165) is 43.4 Å². The molecule has 1 N–H and O–H groups in total. The molecule has 1 aromatic rings. The lowest BCUT2D eigenvalue weighted by Gasteiger charge is -2.05. The maximum atomic E-state index is 4.02. The second-order valence-corrected chi connectivity index (χ2v) is 4.77. The molecule has 0 saturated carbocycles. The Hall–Kier alpha value is -0.880. The molecule has 0 fully saturated rings. The van der Waals surface area contributed by atoms with Gasteiger partial charge in [-0.05, 0) is 29.8 Å². The molecule has 17 heavy (non-hydrogen) atoms. The number of aromatic nitrogens is 4. The van der Waals surface area contributed by atoms with E-state index < -0.39 is 0 Å². The third kappa shape index (κ3) is 5.32. The molecule has 0 atom stereocenters. The van der Waals surface area contributed by atoms with Gasteiger partial charge in [-0.15, -0.1) is 5.10 Å². The number of hydrogen-bond donors (Lipinski definition) is 1. The molecule has 0 aliphatic rings. The molecule has 0 bridgehead atoms. The van der Waals surface area contributed by atoms with Gasteiger partial charge in [-0.25, -0.2) is 4.68 Å². The van der Waals surface area contributed by atoms with Gasteiger partial charge in [0.1, 0.15) is 0 Å². The molecular formula is C11H21N5S. The zero-order valence-electron chi connectivity index (χ0n) is 10.6. The van der Waals surface area contributed by atoms with Crippen molar-refractivity contribution < 1.29 is 0 Å². The summed E-state index contributed by atoms with van der Waals surface area (Å²) in [5.41, 5.74) is 1.22. The van der Waals surface area contributed by atoms with Gasteiger partial charge < -0.3 is 5.32 Å². The van der Waals surface area contributed by atoms with Gasteiger partial charge in [-0.2, -0.15) is 0 Å². The molecule has 1 aromatic heterocycles. The summed E-state index contributed by atoms with van der Waals surface area (Å²) in [4.78, 5) is 0. The highest BCUT2D eigenvalue weighted by atomic mass is 32.2. The molecular weight excluding hydrogens is 234 g/mol. The summed E-state index contributed by atoms with van der Waals surface area (Å²) in [6, 6.07) is 0. The molecule has 0 aliphatic heterocycles. The topological polar surface area (TPSA) is 55.6 Å². The van der Waals surface area contributed by atoms with Crippen LogP contribution >= 0.6 is 11.8 Å². The van der Waals surface area contributed by atoms with E-state index in [0.29, 0.717) is 0 Å². The molecule has 1 heterocycles. The third-order valence-electron chi connectivity index (χ3n) is 2.33. The van der Waals surface area contributed by atoms with E-state index in [2.05, 4.69) is 41.3 Å². The van der Waals surface area contributed by atoms with E-state index in [1.807, 2.05) is 4.68 Å². The second kappa shape index (κ2) is 8.25. The number of thioether (sulfide) groups is 1. The zero-order valence-corrected chi connectivity index (χ0v) is 11.5. The summed E-state index contributed by atoms with van der Waals surface area (Å²) < 4.78 is 1.84. The van der Waals surface area contributed by atoms with Crippen molar-refractivity contribution >= 4 is 11.8 Å². The van der Waals surface area contributed by atoms with Crippen molar-refractivity contribution in [3.63, 3.8) is 0 Å². The summed E-state index contributed by atoms with van der Waals surface area (Å²) in [7, 11) is 0. The Bertz CT molecular complexity index is 336. The van der Waals surface area contributed by atoms with Gasteiger partial charge >= 0.3 is 0 Å². The van der Waals surface area contributed by atoms with Crippen LogP contribution in [0.4, 0.5) is 0 Å². The highest BCUT2D eigenvalue weighted by Gasteiger charge is 2.06. The Balaban J connectivity index is 2.34. The van der Waals surface area contributed by atoms with E-state index in [1.54, 1.807) is 11.8 Å². The van der Waals surface area contributed by atoms with Crippen LogP contribution in [-0.2, 0) is 6.54 Å². The van der Waals surface area contributed by atoms with Gasteiger partial charge in [-0.3, -0.25) is 0 Å². The fourth-order valence-electron chi connectivity index (χ4n) is 1.20. The maximum Gasteiger partial charge on any atom is 0.209 e. The number of rotatable bonds is 9. The zero-order chi connectivity index (χ0) is 12.5. The minimum atomic E-state index is 0.813. The maximum absolute atomic E-state index is 4.02. The normalized spacial score (nSPS) is 10.7. The SMILES string of the molecule is C=C(CC)CSc1nnnn1CCNCCC. The Labute approximate surface area is 107 Å². The van der Waals surface area contributed by atoms with E-state index in [4.69, 9.17) is 0 Å². The van der Waals surface area contributed by atoms with Gasteiger partial charge in [0.15, 0.2) is 0 Å². The summed E-state index contributed by atoms with van der Waals surface area (Å²) in [5, 5.41) is 15.9. The highest BCUT2D eigenvalue weighted by molar-refractivity contribution is 7.99. The third-order valence-corrected chi connectivity index (χ3v) is 3.43.